The summed E-state index contributed by atoms with van der Waals surface area (Å²) in [7, 11) is 0. The molecular weight excluding hydrogens is 352 g/mol. The molecule has 3 heterocycles. The van der Waals surface area contributed by atoms with Gasteiger partial charge in [0.2, 0.25) is 5.91 Å². The number of halogens is 1. The average Bonchev–Trinajstić information content (AvgIpc) is 3.02. The Balaban J connectivity index is 1.25. The van der Waals surface area contributed by atoms with Crippen molar-refractivity contribution in [3.63, 3.8) is 0 Å². The molecule has 0 bridgehead atoms. The number of fused-ring (bicyclic) bond motifs is 1. The van der Waals surface area contributed by atoms with Crippen molar-refractivity contribution in [2.45, 2.75) is 38.8 Å². The lowest BCUT2D eigenvalue weighted by Crippen LogP contribution is -2.61. The van der Waals surface area contributed by atoms with Gasteiger partial charge in [-0.15, -0.1) is 11.3 Å². The summed E-state index contributed by atoms with van der Waals surface area (Å²) >= 11 is 7.94. The van der Waals surface area contributed by atoms with E-state index < -0.39 is 0 Å². The minimum atomic E-state index is 0.275. The van der Waals surface area contributed by atoms with Gasteiger partial charge in [0.05, 0.1) is 0 Å². The van der Waals surface area contributed by atoms with E-state index in [-0.39, 0.29) is 5.91 Å². The fourth-order valence-electron chi connectivity index (χ4n) is 3.74. The van der Waals surface area contributed by atoms with Crippen molar-refractivity contribution >= 4 is 28.8 Å². The van der Waals surface area contributed by atoms with E-state index in [0.29, 0.717) is 12.5 Å². The third-order valence-corrected chi connectivity index (χ3v) is 6.87. The molecule has 25 heavy (non-hydrogen) atoms. The molecule has 5 heteroatoms. The van der Waals surface area contributed by atoms with Crippen LogP contribution >= 0.6 is 22.9 Å². The van der Waals surface area contributed by atoms with E-state index in [1.54, 1.807) is 4.88 Å². The third-order valence-electron chi connectivity index (χ3n) is 5.42. The standard InChI is InChI=1S/C20H23ClN2OS/c1-14-10-15(2-4-18(14)21)3-5-20(24)23-12-17(13-23)22-8-6-19-16(11-22)7-9-25-19/h2,4,7,9-10,17H,3,5-6,8,11-13H2,1H3. The highest BCUT2D eigenvalue weighted by Crippen LogP contribution is 2.28. The molecule has 1 fully saturated rings. The topological polar surface area (TPSA) is 23.6 Å². The van der Waals surface area contributed by atoms with Crippen LogP contribution in [0.1, 0.15) is 28.0 Å². The van der Waals surface area contributed by atoms with E-state index >= 15 is 0 Å². The largest absolute Gasteiger partial charge is 0.339 e. The summed E-state index contributed by atoms with van der Waals surface area (Å²) in [5.41, 5.74) is 3.75. The van der Waals surface area contributed by atoms with Crippen molar-refractivity contribution in [3.05, 3.63) is 56.2 Å². The fourth-order valence-corrected chi connectivity index (χ4v) is 4.75. The number of carbonyl (C=O) groups excluding carboxylic acids is 1. The molecular formula is C20H23ClN2OS. The third kappa shape index (κ3) is 3.62. The molecule has 0 aliphatic carbocycles. The number of carbonyl (C=O) groups is 1. The van der Waals surface area contributed by atoms with Crippen molar-refractivity contribution in [2.24, 2.45) is 0 Å². The summed E-state index contributed by atoms with van der Waals surface area (Å²) in [5, 5.41) is 2.99. The van der Waals surface area contributed by atoms with Gasteiger partial charge in [-0.2, -0.15) is 0 Å². The zero-order chi connectivity index (χ0) is 17.4. The molecule has 4 rings (SSSR count). The first-order valence-corrected chi connectivity index (χ1v) is 10.2. The van der Waals surface area contributed by atoms with E-state index in [1.165, 1.54) is 11.1 Å². The zero-order valence-corrected chi connectivity index (χ0v) is 16.1. The molecule has 1 saturated heterocycles. The van der Waals surface area contributed by atoms with Gasteiger partial charge in [0.1, 0.15) is 0 Å². The van der Waals surface area contributed by atoms with Crippen LogP contribution in [0.4, 0.5) is 0 Å². The zero-order valence-electron chi connectivity index (χ0n) is 14.5. The van der Waals surface area contributed by atoms with Gasteiger partial charge < -0.3 is 4.90 Å². The molecule has 0 radical (unpaired) electrons. The van der Waals surface area contributed by atoms with Crippen molar-refractivity contribution in [1.29, 1.82) is 0 Å². The van der Waals surface area contributed by atoms with Crippen LogP contribution in [-0.2, 0) is 24.2 Å². The Bertz CT molecular complexity index is 782. The van der Waals surface area contributed by atoms with Crippen LogP contribution in [0, 0.1) is 6.92 Å². The van der Waals surface area contributed by atoms with E-state index in [0.717, 1.165) is 49.6 Å². The summed E-state index contributed by atoms with van der Waals surface area (Å²) < 4.78 is 0. The summed E-state index contributed by atoms with van der Waals surface area (Å²) in [4.78, 5) is 18.5. The second-order valence-electron chi connectivity index (χ2n) is 7.13. The van der Waals surface area contributed by atoms with Gasteiger partial charge in [0.25, 0.3) is 0 Å². The lowest BCUT2D eigenvalue weighted by Gasteiger charge is -2.46. The second kappa shape index (κ2) is 7.10. The van der Waals surface area contributed by atoms with Crippen molar-refractivity contribution < 1.29 is 4.79 Å². The van der Waals surface area contributed by atoms with Crippen LogP contribution in [-0.4, -0.2) is 41.4 Å². The fraction of sp³-hybridized carbons (Fsp3) is 0.450. The van der Waals surface area contributed by atoms with E-state index in [4.69, 9.17) is 11.6 Å². The molecule has 3 nitrogen and oxygen atoms in total. The molecule has 0 saturated carbocycles. The summed E-state index contributed by atoms with van der Waals surface area (Å²) in [6.07, 6.45) is 2.54. The number of amides is 1. The maximum atomic E-state index is 12.4. The van der Waals surface area contributed by atoms with Gasteiger partial charge in [0, 0.05) is 48.5 Å². The predicted octanol–water partition coefficient (Wildman–Crippen LogP) is 3.91. The van der Waals surface area contributed by atoms with Crippen LogP contribution in [0.5, 0.6) is 0 Å². The molecule has 2 aromatic rings. The smallest absolute Gasteiger partial charge is 0.223 e. The molecule has 0 N–H and O–H groups in total. The number of benzene rings is 1. The molecule has 0 spiro atoms. The van der Waals surface area contributed by atoms with Crippen LogP contribution in [0.25, 0.3) is 0 Å². The highest BCUT2D eigenvalue weighted by atomic mass is 35.5. The number of aryl methyl sites for hydroxylation is 2. The molecule has 1 amide bonds. The second-order valence-corrected chi connectivity index (χ2v) is 8.53. The molecule has 0 unspecified atom stereocenters. The van der Waals surface area contributed by atoms with Gasteiger partial charge in [-0.1, -0.05) is 23.7 Å². The molecule has 1 aromatic carbocycles. The molecule has 132 valence electrons. The Hall–Kier alpha value is -1.36. The maximum absolute atomic E-state index is 12.4. The Labute approximate surface area is 158 Å². The number of rotatable bonds is 4. The first-order chi connectivity index (χ1) is 12.1. The lowest BCUT2D eigenvalue weighted by molar-refractivity contribution is -0.138. The van der Waals surface area contributed by atoms with Crippen molar-refractivity contribution in [3.8, 4) is 0 Å². The number of likely N-dealkylation sites (tertiary alicyclic amines) is 1. The van der Waals surface area contributed by atoms with Gasteiger partial charge in [-0.3, -0.25) is 9.69 Å². The van der Waals surface area contributed by atoms with Crippen LogP contribution < -0.4 is 0 Å². The number of thiophene rings is 1. The highest BCUT2D eigenvalue weighted by molar-refractivity contribution is 7.10. The molecule has 2 aliphatic heterocycles. The minimum absolute atomic E-state index is 0.275. The van der Waals surface area contributed by atoms with Gasteiger partial charge in [0.15, 0.2) is 0 Å². The maximum Gasteiger partial charge on any atom is 0.223 e. The Morgan fingerprint density at radius 2 is 2.16 bits per heavy atom. The Kier molecular flexibility index (Phi) is 4.85. The molecule has 1 aromatic heterocycles. The van der Waals surface area contributed by atoms with Crippen LogP contribution in [0.15, 0.2) is 29.6 Å². The van der Waals surface area contributed by atoms with Crippen LogP contribution in [0.3, 0.4) is 0 Å². The van der Waals surface area contributed by atoms with E-state index in [1.807, 2.05) is 35.3 Å². The SMILES string of the molecule is Cc1cc(CCC(=O)N2CC(N3CCc4sccc4C3)C2)ccc1Cl. The van der Waals surface area contributed by atoms with E-state index in [9.17, 15) is 4.79 Å². The summed E-state index contributed by atoms with van der Waals surface area (Å²) in [6, 6.07) is 8.82. The van der Waals surface area contributed by atoms with Crippen molar-refractivity contribution in [2.75, 3.05) is 19.6 Å². The first-order valence-electron chi connectivity index (χ1n) is 8.92. The normalized spacial score (nSPS) is 18.1. The number of hydrogen-bond donors (Lipinski definition) is 0. The Morgan fingerprint density at radius 3 is 2.96 bits per heavy atom. The first kappa shape index (κ1) is 17.1. The monoisotopic (exact) mass is 374 g/mol. The molecule has 0 atom stereocenters. The van der Waals surface area contributed by atoms with Gasteiger partial charge in [-0.05, 0) is 54.0 Å². The van der Waals surface area contributed by atoms with Gasteiger partial charge in [-0.25, -0.2) is 0 Å². The number of hydrogen-bond acceptors (Lipinski definition) is 3. The van der Waals surface area contributed by atoms with Crippen LogP contribution in [0.2, 0.25) is 5.02 Å². The van der Waals surface area contributed by atoms with Gasteiger partial charge >= 0.3 is 0 Å². The quantitative estimate of drug-likeness (QED) is 0.810. The van der Waals surface area contributed by atoms with Crippen molar-refractivity contribution in [1.82, 2.24) is 9.80 Å². The number of nitrogens with zero attached hydrogens (tertiary/aromatic N) is 2. The summed E-state index contributed by atoms with van der Waals surface area (Å²) in [6.45, 7) is 5.96. The summed E-state index contributed by atoms with van der Waals surface area (Å²) in [5.74, 6) is 0.275. The minimum Gasteiger partial charge on any atom is -0.339 e. The average molecular weight is 375 g/mol. The molecule has 2 aliphatic rings. The highest BCUT2D eigenvalue weighted by Gasteiger charge is 2.35. The van der Waals surface area contributed by atoms with E-state index in [2.05, 4.69) is 22.4 Å². The predicted molar refractivity (Wildman–Crippen MR) is 103 cm³/mol. The lowest BCUT2D eigenvalue weighted by atomic mass is 10.0. The Morgan fingerprint density at radius 1 is 1.32 bits per heavy atom.